The smallest absolute Gasteiger partial charge is 0.0427 e. The van der Waals surface area contributed by atoms with Crippen molar-refractivity contribution in [3.63, 3.8) is 0 Å². The minimum Gasteiger partial charge on any atom is -0.351 e. The second-order valence-corrected chi connectivity index (χ2v) is 2.81. The molecule has 0 spiro atoms. The third-order valence-electron chi connectivity index (χ3n) is 1.79. The van der Waals surface area contributed by atoms with Crippen LogP contribution >= 0.6 is 0 Å². The molecule has 0 aromatic heterocycles. The molecule has 0 saturated heterocycles. The van der Waals surface area contributed by atoms with Gasteiger partial charge in [0.25, 0.3) is 0 Å². The zero-order valence-electron chi connectivity index (χ0n) is 8.88. The van der Waals surface area contributed by atoms with E-state index in [9.17, 15) is 0 Å². The molecule has 13 heavy (non-hydrogen) atoms. The van der Waals surface area contributed by atoms with Gasteiger partial charge in [0.1, 0.15) is 0 Å². The van der Waals surface area contributed by atoms with Gasteiger partial charge < -0.3 is 4.90 Å². The van der Waals surface area contributed by atoms with Crippen LogP contribution in [0.4, 0.5) is 0 Å². The van der Waals surface area contributed by atoms with Gasteiger partial charge in [0.15, 0.2) is 0 Å². The van der Waals surface area contributed by atoms with Gasteiger partial charge in [0, 0.05) is 12.7 Å². The molecular formula is C12H19N. The maximum absolute atomic E-state index is 3.91. The van der Waals surface area contributed by atoms with Crippen LogP contribution in [0.15, 0.2) is 48.9 Å². The number of hydrogen-bond acceptors (Lipinski definition) is 1. The summed E-state index contributed by atoms with van der Waals surface area (Å²) in [6.45, 7) is 11.7. The molecule has 0 atom stereocenters. The summed E-state index contributed by atoms with van der Waals surface area (Å²) < 4.78 is 0. The van der Waals surface area contributed by atoms with Crippen LogP contribution in [0.25, 0.3) is 0 Å². The molecule has 1 nitrogen and oxygen atoms in total. The topological polar surface area (TPSA) is 3.24 Å². The van der Waals surface area contributed by atoms with Crippen LogP contribution < -0.4 is 0 Å². The Morgan fingerprint density at radius 2 is 2.08 bits per heavy atom. The first-order valence-corrected chi connectivity index (χ1v) is 4.54. The maximum Gasteiger partial charge on any atom is 0.0427 e. The molecule has 0 radical (unpaired) electrons. The highest BCUT2D eigenvalue weighted by Crippen LogP contribution is 2.12. The average molecular weight is 177 g/mol. The van der Waals surface area contributed by atoms with Crippen LogP contribution in [0.5, 0.6) is 0 Å². The normalized spacial score (nSPS) is 11.8. The third-order valence-corrected chi connectivity index (χ3v) is 1.79. The molecule has 0 aliphatic carbocycles. The van der Waals surface area contributed by atoms with E-state index in [1.807, 2.05) is 31.1 Å². The van der Waals surface area contributed by atoms with Crippen LogP contribution in [0.2, 0.25) is 0 Å². The predicted octanol–water partition coefficient (Wildman–Crippen LogP) is 3.49. The van der Waals surface area contributed by atoms with E-state index >= 15 is 0 Å². The fourth-order valence-corrected chi connectivity index (χ4v) is 1.06. The molecule has 0 aliphatic rings. The second-order valence-electron chi connectivity index (χ2n) is 2.81. The Balaban J connectivity index is 4.51. The molecular weight excluding hydrogens is 158 g/mol. The third kappa shape index (κ3) is 3.79. The highest BCUT2D eigenvalue weighted by atomic mass is 15.1. The quantitative estimate of drug-likeness (QED) is 0.581. The van der Waals surface area contributed by atoms with Crippen molar-refractivity contribution in [1.29, 1.82) is 0 Å². The van der Waals surface area contributed by atoms with Gasteiger partial charge in [-0.05, 0) is 25.1 Å². The SMILES string of the molecule is C=CC(=C)/C(=C/C)N(C)/C=C/CC. The first-order valence-electron chi connectivity index (χ1n) is 4.54. The fraction of sp³-hybridized carbons (Fsp3) is 0.333. The van der Waals surface area contributed by atoms with Gasteiger partial charge in [0.05, 0.1) is 0 Å². The number of allylic oxidation sites excluding steroid dienone is 3. The summed E-state index contributed by atoms with van der Waals surface area (Å²) in [6.07, 6.45) is 9.00. The molecule has 0 aromatic carbocycles. The zero-order valence-corrected chi connectivity index (χ0v) is 8.88. The fourth-order valence-electron chi connectivity index (χ4n) is 1.06. The molecule has 0 N–H and O–H groups in total. The van der Waals surface area contributed by atoms with Crippen molar-refractivity contribution in [2.45, 2.75) is 20.3 Å². The van der Waals surface area contributed by atoms with Gasteiger partial charge in [-0.3, -0.25) is 0 Å². The van der Waals surface area contributed by atoms with E-state index in [-0.39, 0.29) is 0 Å². The highest BCUT2D eigenvalue weighted by Gasteiger charge is 2.00. The van der Waals surface area contributed by atoms with Crippen LogP contribution in [-0.4, -0.2) is 11.9 Å². The summed E-state index contributed by atoms with van der Waals surface area (Å²) in [4.78, 5) is 2.05. The lowest BCUT2D eigenvalue weighted by Crippen LogP contribution is -2.10. The summed E-state index contributed by atoms with van der Waals surface area (Å²) in [5.74, 6) is 0. The second kappa shape index (κ2) is 6.30. The van der Waals surface area contributed by atoms with E-state index in [0.29, 0.717) is 0 Å². The molecule has 0 fully saturated rings. The van der Waals surface area contributed by atoms with Crippen molar-refractivity contribution in [1.82, 2.24) is 4.90 Å². The molecule has 0 rings (SSSR count). The van der Waals surface area contributed by atoms with Crippen LogP contribution in [0.3, 0.4) is 0 Å². The van der Waals surface area contributed by atoms with Gasteiger partial charge >= 0.3 is 0 Å². The van der Waals surface area contributed by atoms with Crippen molar-refractivity contribution in [3.05, 3.63) is 48.9 Å². The number of likely N-dealkylation sites (N-methyl/N-ethyl adjacent to an activating group) is 1. The van der Waals surface area contributed by atoms with E-state index in [1.54, 1.807) is 6.08 Å². The van der Waals surface area contributed by atoms with Gasteiger partial charge in [-0.25, -0.2) is 0 Å². The molecule has 1 heteroatoms. The van der Waals surface area contributed by atoms with Crippen molar-refractivity contribution >= 4 is 0 Å². The van der Waals surface area contributed by atoms with Crippen molar-refractivity contribution < 1.29 is 0 Å². The van der Waals surface area contributed by atoms with E-state index in [4.69, 9.17) is 0 Å². The summed E-state index contributed by atoms with van der Waals surface area (Å²) in [5.41, 5.74) is 2.05. The molecule has 0 saturated carbocycles. The van der Waals surface area contributed by atoms with Crippen molar-refractivity contribution in [2.24, 2.45) is 0 Å². The Bertz CT molecular complexity index is 234. The summed E-state index contributed by atoms with van der Waals surface area (Å²) in [6, 6.07) is 0. The predicted molar refractivity (Wildman–Crippen MR) is 60.3 cm³/mol. The Hall–Kier alpha value is -1.24. The number of nitrogens with zero attached hydrogens (tertiary/aromatic N) is 1. The van der Waals surface area contributed by atoms with Crippen LogP contribution in [0, 0.1) is 0 Å². The van der Waals surface area contributed by atoms with Gasteiger partial charge in [-0.2, -0.15) is 0 Å². The van der Waals surface area contributed by atoms with Gasteiger partial charge in [-0.1, -0.05) is 38.3 Å². The minimum atomic E-state index is 0.950. The molecule has 0 aromatic rings. The summed E-state index contributed by atoms with van der Waals surface area (Å²) >= 11 is 0. The molecule has 0 aliphatic heterocycles. The first-order chi connectivity index (χ1) is 6.17. The monoisotopic (exact) mass is 177 g/mol. The van der Waals surface area contributed by atoms with Gasteiger partial charge in [0.2, 0.25) is 0 Å². The molecule has 0 unspecified atom stereocenters. The highest BCUT2D eigenvalue weighted by molar-refractivity contribution is 5.35. The minimum absolute atomic E-state index is 0.950. The lowest BCUT2D eigenvalue weighted by atomic mass is 10.2. The van der Waals surface area contributed by atoms with E-state index in [1.165, 1.54) is 0 Å². The molecule has 72 valence electrons. The van der Waals surface area contributed by atoms with Gasteiger partial charge in [-0.15, -0.1) is 0 Å². The number of hydrogen-bond donors (Lipinski definition) is 0. The van der Waals surface area contributed by atoms with Crippen molar-refractivity contribution in [3.8, 4) is 0 Å². The zero-order chi connectivity index (χ0) is 10.3. The average Bonchev–Trinajstić information content (AvgIpc) is 2.15. The molecule has 0 bridgehead atoms. The van der Waals surface area contributed by atoms with E-state index < -0.39 is 0 Å². The Kier molecular flexibility index (Phi) is 5.69. The van der Waals surface area contributed by atoms with Crippen molar-refractivity contribution in [2.75, 3.05) is 7.05 Å². The lowest BCUT2D eigenvalue weighted by Gasteiger charge is -2.18. The van der Waals surface area contributed by atoms with Crippen LogP contribution in [-0.2, 0) is 0 Å². The largest absolute Gasteiger partial charge is 0.351 e. The lowest BCUT2D eigenvalue weighted by molar-refractivity contribution is 0.579. The Morgan fingerprint density at radius 1 is 1.46 bits per heavy atom. The molecule has 0 amide bonds. The van der Waals surface area contributed by atoms with E-state index in [0.717, 1.165) is 17.7 Å². The standard InChI is InChI=1S/C12H19N/c1-6-9-10-13(5)12(8-3)11(4)7-2/h7-10H,2,4,6H2,1,3,5H3/b10-9+,12-8-. The molecule has 0 heterocycles. The maximum atomic E-state index is 3.91. The van der Waals surface area contributed by atoms with E-state index in [2.05, 4.69) is 26.2 Å². The van der Waals surface area contributed by atoms with Crippen LogP contribution in [0.1, 0.15) is 20.3 Å². The Morgan fingerprint density at radius 3 is 2.46 bits per heavy atom. The number of rotatable bonds is 5. The first kappa shape index (κ1) is 11.8. The summed E-state index contributed by atoms with van der Waals surface area (Å²) in [7, 11) is 2.01. The Labute approximate surface area is 81.8 Å². The summed E-state index contributed by atoms with van der Waals surface area (Å²) in [5, 5.41) is 0.